The Hall–Kier alpha value is -2.90. The first kappa shape index (κ1) is 14.5. The average molecular weight is 289 g/mol. The first-order valence-corrected chi connectivity index (χ1v) is 6.13. The van der Waals surface area contributed by atoms with E-state index in [1.165, 1.54) is 17.0 Å². The average Bonchev–Trinajstić information content (AvgIpc) is 2.92. The molecule has 2 heterocycles. The maximum atomic E-state index is 11.8. The van der Waals surface area contributed by atoms with Gasteiger partial charge in [0.05, 0.1) is 11.9 Å². The number of aryl methyl sites for hydroxylation is 2. The Morgan fingerprint density at radius 3 is 2.67 bits per heavy atom. The maximum Gasteiger partial charge on any atom is 0.358 e. The monoisotopic (exact) mass is 289 g/mol. The van der Waals surface area contributed by atoms with Crippen LogP contribution in [0, 0.1) is 6.92 Å². The molecule has 0 atom stereocenters. The second kappa shape index (κ2) is 5.61. The van der Waals surface area contributed by atoms with Crippen LogP contribution in [0.15, 0.2) is 18.5 Å². The van der Waals surface area contributed by atoms with Gasteiger partial charge in [0, 0.05) is 37.6 Å². The minimum atomic E-state index is -1.20. The van der Waals surface area contributed by atoms with Gasteiger partial charge in [-0.15, -0.1) is 0 Å². The molecule has 1 amide bonds. The van der Waals surface area contributed by atoms with Crippen LogP contribution in [0.1, 0.15) is 21.7 Å². The summed E-state index contributed by atoms with van der Waals surface area (Å²) in [6.45, 7) is 1.88. The topological polar surface area (TPSA) is 102 Å². The zero-order valence-corrected chi connectivity index (χ0v) is 11.9. The Morgan fingerprint density at radius 2 is 2.10 bits per heavy atom. The molecule has 110 valence electrons. The zero-order chi connectivity index (χ0) is 15.6. The standard InChI is InChI=1S/C13H15N5O3/c1-8-9(6-14-18(8)3)4-5-11(19)15-10-7-17(2)16-12(10)13(20)21/h4-7H,1-3H3,(H,15,19)(H,20,21). The fourth-order valence-corrected chi connectivity index (χ4v) is 1.76. The number of hydrogen-bond donors (Lipinski definition) is 2. The van der Waals surface area contributed by atoms with Crippen molar-refractivity contribution in [2.45, 2.75) is 6.92 Å². The van der Waals surface area contributed by atoms with Gasteiger partial charge >= 0.3 is 5.97 Å². The van der Waals surface area contributed by atoms with E-state index in [0.29, 0.717) is 0 Å². The minimum Gasteiger partial charge on any atom is -0.476 e. The summed E-state index contributed by atoms with van der Waals surface area (Å²) in [6, 6.07) is 0. The predicted molar refractivity (Wildman–Crippen MR) is 75.8 cm³/mol. The van der Waals surface area contributed by atoms with Crippen LogP contribution in [0.2, 0.25) is 0 Å². The molecule has 0 fully saturated rings. The Morgan fingerprint density at radius 1 is 1.38 bits per heavy atom. The molecule has 0 radical (unpaired) electrons. The Kier molecular flexibility index (Phi) is 3.88. The predicted octanol–water partition coefficient (Wildman–Crippen LogP) is 0.812. The van der Waals surface area contributed by atoms with Gasteiger partial charge in [0.2, 0.25) is 5.91 Å². The third kappa shape index (κ3) is 3.16. The summed E-state index contributed by atoms with van der Waals surface area (Å²) < 4.78 is 3.02. The molecule has 2 rings (SSSR count). The molecular formula is C13H15N5O3. The van der Waals surface area contributed by atoms with Gasteiger partial charge in [-0.25, -0.2) is 4.79 Å². The molecular weight excluding hydrogens is 274 g/mol. The van der Waals surface area contributed by atoms with E-state index in [0.717, 1.165) is 11.3 Å². The number of hydrogen-bond acceptors (Lipinski definition) is 4. The van der Waals surface area contributed by atoms with Gasteiger partial charge in [0.15, 0.2) is 5.69 Å². The molecule has 0 aromatic carbocycles. The van der Waals surface area contributed by atoms with Gasteiger partial charge in [-0.2, -0.15) is 10.2 Å². The Balaban J connectivity index is 2.12. The third-order valence-corrected chi connectivity index (χ3v) is 2.98. The number of amides is 1. The van der Waals surface area contributed by atoms with Crippen molar-refractivity contribution in [2.24, 2.45) is 14.1 Å². The van der Waals surface area contributed by atoms with E-state index in [1.54, 1.807) is 24.0 Å². The SMILES string of the molecule is Cc1c(C=CC(=O)Nc2cn(C)nc2C(=O)O)cnn1C. The number of carboxylic acid groups (broad SMARTS) is 1. The van der Waals surface area contributed by atoms with E-state index < -0.39 is 11.9 Å². The maximum absolute atomic E-state index is 11.8. The van der Waals surface area contributed by atoms with Crippen LogP contribution in [0.4, 0.5) is 5.69 Å². The fourth-order valence-electron chi connectivity index (χ4n) is 1.76. The number of carbonyl (C=O) groups is 2. The van der Waals surface area contributed by atoms with Crippen LogP contribution in [0.25, 0.3) is 6.08 Å². The van der Waals surface area contributed by atoms with Gasteiger partial charge in [-0.05, 0) is 13.0 Å². The highest BCUT2D eigenvalue weighted by Crippen LogP contribution is 2.13. The van der Waals surface area contributed by atoms with Gasteiger partial charge in [-0.3, -0.25) is 14.2 Å². The molecule has 21 heavy (non-hydrogen) atoms. The lowest BCUT2D eigenvalue weighted by atomic mass is 10.2. The molecule has 0 aliphatic heterocycles. The molecule has 0 bridgehead atoms. The Bertz CT molecular complexity index is 726. The van der Waals surface area contributed by atoms with Crippen LogP contribution < -0.4 is 5.32 Å². The summed E-state index contributed by atoms with van der Waals surface area (Å²) in [5, 5.41) is 19.3. The number of aromatic carboxylic acids is 1. The number of nitrogens with one attached hydrogen (secondary N) is 1. The molecule has 0 saturated carbocycles. The van der Waals surface area contributed by atoms with E-state index >= 15 is 0 Å². The highest BCUT2D eigenvalue weighted by Gasteiger charge is 2.15. The smallest absolute Gasteiger partial charge is 0.358 e. The summed E-state index contributed by atoms with van der Waals surface area (Å²) in [7, 11) is 3.39. The quantitative estimate of drug-likeness (QED) is 0.811. The number of carboxylic acids is 1. The van der Waals surface area contributed by atoms with E-state index in [4.69, 9.17) is 5.11 Å². The minimum absolute atomic E-state index is 0.155. The second-order valence-electron chi connectivity index (χ2n) is 4.50. The van der Waals surface area contributed by atoms with Crippen LogP contribution >= 0.6 is 0 Å². The van der Waals surface area contributed by atoms with Crippen molar-refractivity contribution in [3.8, 4) is 0 Å². The molecule has 0 aliphatic carbocycles. The number of rotatable bonds is 4. The van der Waals surface area contributed by atoms with Crippen molar-refractivity contribution in [2.75, 3.05) is 5.32 Å². The van der Waals surface area contributed by atoms with E-state index in [1.807, 2.05) is 14.0 Å². The highest BCUT2D eigenvalue weighted by molar-refractivity contribution is 6.05. The van der Waals surface area contributed by atoms with Crippen molar-refractivity contribution in [1.29, 1.82) is 0 Å². The second-order valence-corrected chi connectivity index (χ2v) is 4.50. The summed E-state index contributed by atoms with van der Waals surface area (Å²) in [5.41, 5.74) is 1.70. The van der Waals surface area contributed by atoms with Crippen molar-refractivity contribution in [1.82, 2.24) is 19.6 Å². The molecule has 0 spiro atoms. The summed E-state index contributed by atoms with van der Waals surface area (Å²) in [4.78, 5) is 22.8. The first-order valence-electron chi connectivity index (χ1n) is 6.13. The van der Waals surface area contributed by atoms with Gasteiger partial charge < -0.3 is 10.4 Å². The first-order chi connectivity index (χ1) is 9.88. The number of nitrogens with zero attached hydrogens (tertiary/aromatic N) is 4. The van der Waals surface area contributed by atoms with E-state index in [2.05, 4.69) is 15.5 Å². The fraction of sp³-hybridized carbons (Fsp3) is 0.231. The molecule has 0 aliphatic rings. The van der Waals surface area contributed by atoms with Crippen LogP contribution in [-0.4, -0.2) is 36.5 Å². The molecule has 2 aromatic heterocycles. The van der Waals surface area contributed by atoms with Crippen LogP contribution in [0.3, 0.4) is 0 Å². The number of aromatic nitrogens is 4. The summed E-state index contributed by atoms with van der Waals surface area (Å²) >= 11 is 0. The van der Waals surface area contributed by atoms with Crippen LogP contribution in [-0.2, 0) is 18.9 Å². The summed E-state index contributed by atoms with van der Waals surface area (Å²) in [5.74, 6) is -1.63. The van der Waals surface area contributed by atoms with Gasteiger partial charge in [0.1, 0.15) is 0 Å². The number of anilines is 1. The normalized spacial score (nSPS) is 11.0. The van der Waals surface area contributed by atoms with Crippen molar-refractivity contribution >= 4 is 23.6 Å². The molecule has 8 nitrogen and oxygen atoms in total. The van der Waals surface area contributed by atoms with Crippen molar-refractivity contribution in [3.63, 3.8) is 0 Å². The largest absolute Gasteiger partial charge is 0.476 e. The lowest BCUT2D eigenvalue weighted by molar-refractivity contribution is -0.111. The Labute approximate surface area is 120 Å². The summed E-state index contributed by atoms with van der Waals surface area (Å²) in [6.07, 6.45) is 6.02. The van der Waals surface area contributed by atoms with Crippen molar-refractivity contribution < 1.29 is 14.7 Å². The van der Waals surface area contributed by atoms with Gasteiger partial charge in [-0.1, -0.05) is 0 Å². The molecule has 2 aromatic rings. The highest BCUT2D eigenvalue weighted by atomic mass is 16.4. The molecule has 0 saturated heterocycles. The number of carbonyl (C=O) groups excluding carboxylic acids is 1. The van der Waals surface area contributed by atoms with Crippen LogP contribution in [0.5, 0.6) is 0 Å². The third-order valence-electron chi connectivity index (χ3n) is 2.98. The van der Waals surface area contributed by atoms with E-state index in [-0.39, 0.29) is 11.4 Å². The zero-order valence-electron chi connectivity index (χ0n) is 11.9. The molecule has 8 heteroatoms. The lowest BCUT2D eigenvalue weighted by Gasteiger charge is -1.99. The lowest BCUT2D eigenvalue weighted by Crippen LogP contribution is -2.11. The molecule has 2 N–H and O–H groups in total. The van der Waals surface area contributed by atoms with Gasteiger partial charge in [0.25, 0.3) is 0 Å². The molecule has 0 unspecified atom stereocenters. The van der Waals surface area contributed by atoms with Crippen molar-refractivity contribution in [3.05, 3.63) is 35.4 Å². The van der Waals surface area contributed by atoms with E-state index in [9.17, 15) is 9.59 Å².